The van der Waals surface area contributed by atoms with E-state index in [1.807, 2.05) is 0 Å². The van der Waals surface area contributed by atoms with E-state index in [1.165, 1.54) is 18.5 Å². The molecule has 1 amide bonds. The van der Waals surface area contributed by atoms with Gasteiger partial charge in [-0.15, -0.1) is 10.2 Å². The Hall–Kier alpha value is -3.95. The second-order valence-electron chi connectivity index (χ2n) is 5.64. The van der Waals surface area contributed by atoms with Gasteiger partial charge in [-0.3, -0.25) is 14.9 Å². The second kappa shape index (κ2) is 9.12. The van der Waals surface area contributed by atoms with Gasteiger partial charge in [-0.05, 0) is 36.4 Å². The Labute approximate surface area is 159 Å². The Kier molecular flexibility index (Phi) is 6.13. The predicted octanol–water partition coefficient (Wildman–Crippen LogP) is 2.25. The first-order valence-electron chi connectivity index (χ1n) is 8.36. The first-order chi connectivity index (χ1) is 13.6. The molecule has 2 aromatic carbocycles. The zero-order chi connectivity index (χ0) is 19.8. The summed E-state index contributed by atoms with van der Waals surface area (Å²) in [5.41, 5.74) is 1.52. The molecule has 0 saturated carbocycles. The third kappa shape index (κ3) is 5.27. The van der Waals surface area contributed by atoms with Crippen LogP contribution in [0.1, 0.15) is 0 Å². The quantitative estimate of drug-likeness (QED) is 0.327. The molecule has 0 aliphatic carbocycles. The number of nitrogens with zero attached hydrogens (tertiary/aromatic N) is 3. The average Bonchev–Trinajstić information content (AvgIpc) is 3.25. The predicted molar refractivity (Wildman–Crippen MR) is 99.8 cm³/mol. The van der Waals surface area contributed by atoms with E-state index in [0.717, 1.165) is 11.3 Å². The zero-order valence-electron chi connectivity index (χ0n) is 14.7. The average molecular weight is 383 g/mol. The number of aromatic nitrogens is 2. The third-order valence-corrected chi connectivity index (χ3v) is 3.69. The number of hydrogen-bond acceptors (Lipinski definition) is 8. The SMILES string of the molecule is O=C(COc1ccc(-c2nnco2)cc1)NCCNc1ccc([N+](=O)[O-])cc1. The number of carbonyl (C=O) groups is 1. The molecule has 0 atom stereocenters. The minimum Gasteiger partial charge on any atom is -0.484 e. The van der Waals surface area contributed by atoms with Crippen LogP contribution in [-0.2, 0) is 4.79 Å². The fourth-order valence-electron chi connectivity index (χ4n) is 2.30. The lowest BCUT2D eigenvalue weighted by molar-refractivity contribution is -0.384. The van der Waals surface area contributed by atoms with Gasteiger partial charge < -0.3 is 19.8 Å². The standard InChI is InChI=1S/C18H17N5O5/c24-17(20-10-9-19-14-3-5-15(6-4-14)23(25)26)11-27-16-7-1-13(2-8-16)18-22-21-12-28-18/h1-8,12,19H,9-11H2,(H,20,24). The summed E-state index contributed by atoms with van der Waals surface area (Å²) in [5.74, 6) is 0.693. The van der Waals surface area contributed by atoms with E-state index < -0.39 is 4.92 Å². The Bertz CT molecular complexity index is 911. The van der Waals surface area contributed by atoms with E-state index in [0.29, 0.717) is 24.7 Å². The highest BCUT2D eigenvalue weighted by Gasteiger charge is 2.06. The van der Waals surface area contributed by atoms with Gasteiger partial charge in [-0.1, -0.05) is 0 Å². The van der Waals surface area contributed by atoms with Crippen LogP contribution in [0.2, 0.25) is 0 Å². The fourth-order valence-corrected chi connectivity index (χ4v) is 2.30. The molecule has 1 heterocycles. The van der Waals surface area contributed by atoms with Crippen molar-refractivity contribution in [1.29, 1.82) is 0 Å². The second-order valence-corrected chi connectivity index (χ2v) is 5.64. The lowest BCUT2D eigenvalue weighted by atomic mass is 10.2. The highest BCUT2D eigenvalue weighted by Crippen LogP contribution is 2.20. The maximum atomic E-state index is 11.8. The Morgan fingerprint density at radius 3 is 2.50 bits per heavy atom. The van der Waals surface area contributed by atoms with Crippen LogP contribution < -0.4 is 15.4 Å². The number of benzene rings is 2. The first-order valence-corrected chi connectivity index (χ1v) is 8.36. The maximum Gasteiger partial charge on any atom is 0.269 e. The van der Waals surface area contributed by atoms with Gasteiger partial charge in [0, 0.05) is 36.5 Å². The summed E-state index contributed by atoms with van der Waals surface area (Å²) in [5, 5.41) is 23.8. The van der Waals surface area contributed by atoms with Crippen LogP contribution >= 0.6 is 0 Å². The Morgan fingerprint density at radius 1 is 1.11 bits per heavy atom. The van der Waals surface area contributed by atoms with Crippen molar-refractivity contribution in [2.24, 2.45) is 0 Å². The molecule has 0 saturated heterocycles. The lowest BCUT2D eigenvalue weighted by Gasteiger charge is -2.09. The van der Waals surface area contributed by atoms with Crippen LogP contribution in [-0.4, -0.2) is 40.7 Å². The van der Waals surface area contributed by atoms with E-state index in [4.69, 9.17) is 9.15 Å². The van der Waals surface area contributed by atoms with E-state index in [-0.39, 0.29) is 18.2 Å². The molecule has 0 radical (unpaired) electrons. The molecule has 0 unspecified atom stereocenters. The van der Waals surface area contributed by atoms with Gasteiger partial charge in [0.15, 0.2) is 6.61 Å². The summed E-state index contributed by atoms with van der Waals surface area (Å²) in [7, 11) is 0. The van der Waals surface area contributed by atoms with Crippen molar-refractivity contribution < 1.29 is 18.9 Å². The molecule has 0 aliphatic heterocycles. The molecule has 0 bridgehead atoms. The molecule has 0 aliphatic rings. The number of rotatable bonds is 9. The van der Waals surface area contributed by atoms with Crippen molar-refractivity contribution in [1.82, 2.24) is 15.5 Å². The molecule has 0 spiro atoms. The number of nitro groups is 1. The zero-order valence-corrected chi connectivity index (χ0v) is 14.7. The van der Waals surface area contributed by atoms with Crippen LogP contribution in [0.15, 0.2) is 59.3 Å². The van der Waals surface area contributed by atoms with Crippen molar-refractivity contribution in [3.63, 3.8) is 0 Å². The first kappa shape index (κ1) is 18.8. The van der Waals surface area contributed by atoms with E-state index in [2.05, 4.69) is 20.8 Å². The van der Waals surface area contributed by atoms with Crippen molar-refractivity contribution in [2.75, 3.05) is 25.0 Å². The number of nitrogens with one attached hydrogen (secondary N) is 2. The van der Waals surface area contributed by atoms with Crippen LogP contribution in [0.3, 0.4) is 0 Å². The number of carbonyl (C=O) groups excluding carboxylic acids is 1. The molecular formula is C18H17N5O5. The summed E-state index contributed by atoms with van der Waals surface area (Å²) in [6, 6.07) is 13.0. The summed E-state index contributed by atoms with van der Waals surface area (Å²) in [4.78, 5) is 22.0. The highest BCUT2D eigenvalue weighted by molar-refractivity contribution is 5.77. The minimum atomic E-state index is -0.456. The molecule has 10 heteroatoms. The van der Waals surface area contributed by atoms with Gasteiger partial charge >= 0.3 is 0 Å². The summed E-state index contributed by atoms with van der Waals surface area (Å²) >= 11 is 0. The van der Waals surface area contributed by atoms with Crippen molar-refractivity contribution in [3.8, 4) is 17.2 Å². The van der Waals surface area contributed by atoms with Crippen LogP contribution in [0.4, 0.5) is 11.4 Å². The molecule has 3 aromatic rings. The molecule has 144 valence electrons. The number of non-ortho nitro benzene ring substituents is 1. The van der Waals surface area contributed by atoms with Gasteiger partial charge in [0.25, 0.3) is 11.6 Å². The lowest BCUT2D eigenvalue weighted by Crippen LogP contribution is -2.32. The molecule has 10 nitrogen and oxygen atoms in total. The monoisotopic (exact) mass is 383 g/mol. The number of amides is 1. The molecule has 1 aromatic heterocycles. The largest absolute Gasteiger partial charge is 0.484 e. The van der Waals surface area contributed by atoms with Gasteiger partial charge in [0.05, 0.1) is 4.92 Å². The highest BCUT2D eigenvalue weighted by atomic mass is 16.6. The summed E-state index contributed by atoms with van der Waals surface area (Å²) in [6.45, 7) is 0.745. The van der Waals surface area contributed by atoms with Crippen molar-refractivity contribution >= 4 is 17.3 Å². The molecule has 2 N–H and O–H groups in total. The number of ether oxygens (including phenoxy) is 1. The van der Waals surface area contributed by atoms with E-state index in [9.17, 15) is 14.9 Å². The summed E-state index contributed by atoms with van der Waals surface area (Å²) < 4.78 is 10.5. The van der Waals surface area contributed by atoms with Crippen LogP contribution in [0.25, 0.3) is 11.5 Å². The Balaban J connectivity index is 1.35. The van der Waals surface area contributed by atoms with Gasteiger partial charge in [0.2, 0.25) is 12.3 Å². The molecule has 0 fully saturated rings. The Morgan fingerprint density at radius 2 is 1.86 bits per heavy atom. The van der Waals surface area contributed by atoms with Crippen molar-refractivity contribution in [3.05, 3.63) is 65.0 Å². The number of anilines is 1. The van der Waals surface area contributed by atoms with Gasteiger partial charge in [0.1, 0.15) is 5.75 Å². The topological polar surface area (TPSA) is 132 Å². The minimum absolute atomic E-state index is 0.0288. The van der Waals surface area contributed by atoms with Crippen LogP contribution in [0, 0.1) is 10.1 Å². The van der Waals surface area contributed by atoms with Gasteiger partial charge in [-0.2, -0.15) is 0 Å². The van der Waals surface area contributed by atoms with Crippen molar-refractivity contribution in [2.45, 2.75) is 0 Å². The number of nitro benzene ring substituents is 1. The number of hydrogen-bond donors (Lipinski definition) is 2. The van der Waals surface area contributed by atoms with Crippen LogP contribution in [0.5, 0.6) is 5.75 Å². The van der Waals surface area contributed by atoms with E-state index in [1.54, 1.807) is 36.4 Å². The molecule has 3 rings (SSSR count). The van der Waals surface area contributed by atoms with E-state index >= 15 is 0 Å². The molecule has 28 heavy (non-hydrogen) atoms. The fraction of sp³-hybridized carbons (Fsp3) is 0.167. The molecular weight excluding hydrogens is 366 g/mol. The third-order valence-electron chi connectivity index (χ3n) is 3.69. The maximum absolute atomic E-state index is 11.8. The van der Waals surface area contributed by atoms with Gasteiger partial charge in [-0.25, -0.2) is 0 Å². The smallest absolute Gasteiger partial charge is 0.269 e. The normalized spacial score (nSPS) is 10.3. The summed E-state index contributed by atoms with van der Waals surface area (Å²) in [6.07, 6.45) is 1.25.